The van der Waals surface area contributed by atoms with Crippen molar-refractivity contribution in [1.82, 2.24) is 0 Å². The summed E-state index contributed by atoms with van der Waals surface area (Å²) in [6.07, 6.45) is -0.382. The van der Waals surface area contributed by atoms with Gasteiger partial charge in [-0.25, -0.2) is 0 Å². The predicted molar refractivity (Wildman–Crippen MR) is 87.5 cm³/mol. The first-order valence-corrected chi connectivity index (χ1v) is 7.35. The Balaban J connectivity index is 2.01. The molecule has 1 unspecified atom stereocenters. The summed E-state index contributed by atoms with van der Waals surface area (Å²) in [5.41, 5.74) is 3.32. The van der Waals surface area contributed by atoms with Gasteiger partial charge >= 0.3 is 0 Å². The van der Waals surface area contributed by atoms with Crippen molar-refractivity contribution < 1.29 is 9.84 Å². The Morgan fingerprint density at radius 2 is 1.67 bits per heavy atom. The molecule has 3 heteroatoms. The summed E-state index contributed by atoms with van der Waals surface area (Å²) in [6.45, 7) is 4.74. The molecule has 0 saturated carbocycles. The highest BCUT2D eigenvalue weighted by atomic mass is 16.5. The van der Waals surface area contributed by atoms with Gasteiger partial charge in [0.25, 0.3) is 0 Å². The minimum Gasteiger partial charge on any atom is -0.389 e. The quantitative estimate of drug-likeness (QED) is 0.817. The highest BCUT2D eigenvalue weighted by Crippen LogP contribution is 2.27. The van der Waals surface area contributed by atoms with E-state index >= 15 is 0 Å². The number of para-hydroxylation sites is 1. The van der Waals surface area contributed by atoms with E-state index in [0.717, 1.165) is 16.8 Å². The first kappa shape index (κ1) is 15.5. The minimum atomic E-state index is -0.517. The molecule has 112 valence electrons. The van der Waals surface area contributed by atoms with Gasteiger partial charge < -0.3 is 15.2 Å². The number of rotatable bonds is 7. The van der Waals surface area contributed by atoms with E-state index in [9.17, 15) is 5.11 Å². The molecule has 3 nitrogen and oxygen atoms in total. The maximum atomic E-state index is 9.93. The average molecular weight is 285 g/mol. The van der Waals surface area contributed by atoms with Crippen molar-refractivity contribution in [1.29, 1.82) is 0 Å². The smallest absolute Gasteiger partial charge is 0.0945 e. The van der Waals surface area contributed by atoms with E-state index in [1.807, 2.05) is 50.2 Å². The molecule has 2 aromatic rings. The molecule has 0 aliphatic carbocycles. The minimum absolute atomic E-state index is 0.135. The van der Waals surface area contributed by atoms with Gasteiger partial charge in [-0.15, -0.1) is 0 Å². The fraction of sp³-hybridized carbons (Fsp3) is 0.333. The second-order valence-corrected chi connectivity index (χ2v) is 5.33. The molecule has 0 spiro atoms. The number of hydrogen-bond acceptors (Lipinski definition) is 3. The molecule has 2 rings (SSSR count). The summed E-state index contributed by atoms with van der Waals surface area (Å²) in [5, 5.41) is 13.2. The summed E-state index contributed by atoms with van der Waals surface area (Å²) in [5.74, 6) is 0. The maximum Gasteiger partial charge on any atom is 0.0945 e. The van der Waals surface area contributed by atoms with Crippen LogP contribution in [0.4, 0.5) is 5.69 Å². The lowest BCUT2D eigenvalue weighted by molar-refractivity contribution is 0.0112. The second kappa shape index (κ2) is 7.81. The lowest BCUT2D eigenvalue weighted by atomic mass is 10.0. The van der Waals surface area contributed by atoms with Crippen molar-refractivity contribution in [2.24, 2.45) is 0 Å². The Labute approximate surface area is 126 Å². The number of hydrogen-bond donors (Lipinski definition) is 2. The summed E-state index contributed by atoms with van der Waals surface area (Å²) < 4.78 is 5.42. The van der Waals surface area contributed by atoms with Gasteiger partial charge in [-0.3, -0.25) is 0 Å². The zero-order valence-corrected chi connectivity index (χ0v) is 12.6. The van der Waals surface area contributed by atoms with Crippen LogP contribution in [0.25, 0.3) is 11.1 Å². The molecule has 0 aliphatic rings. The molecule has 0 amide bonds. The number of aliphatic hydroxyl groups is 1. The van der Waals surface area contributed by atoms with Crippen LogP contribution < -0.4 is 5.32 Å². The Morgan fingerprint density at radius 1 is 1.00 bits per heavy atom. The van der Waals surface area contributed by atoms with Gasteiger partial charge in [0.15, 0.2) is 0 Å². The molecule has 0 heterocycles. The van der Waals surface area contributed by atoms with Gasteiger partial charge in [-0.2, -0.15) is 0 Å². The molecule has 21 heavy (non-hydrogen) atoms. The van der Waals surface area contributed by atoms with Gasteiger partial charge in [0.1, 0.15) is 0 Å². The van der Waals surface area contributed by atoms with Crippen LogP contribution in [0.1, 0.15) is 13.8 Å². The van der Waals surface area contributed by atoms with Crippen molar-refractivity contribution in [2.45, 2.75) is 26.1 Å². The number of ether oxygens (including phenoxy) is 1. The third-order valence-electron chi connectivity index (χ3n) is 3.16. The van der Waals surface area contributed by atoms with Crippen LogP contribution in [0.3, 0.4) is 0 Å². The largest absolute Gasteiger partial charge is 0.389 e. The van der Waals surface area contributed by atoms with Gasteiger partial charge in [0.05, 0.1) is 18.8 Å². The molecular formula is C18H23NO2. The van der Waals surface area contributed by atoms with E-state index in [1.54, 1.807) is 0 Å². The van der Waals surface area contributed by atoms with Crippen molar-refractivity contribution in [3.63, 3.8) is 0 Å². The zero-order chi connectivity index (χ0) is 15.1. The molecule has 2 N–H and O–H groups in total. The molecule has 0 aromatic heterocycles. The van der Waals surface area contributed by atoms with Crippen molar-refractivity contribution in [2.75, 3.05) is 18.5 Å². The molecular weight excluding hydrogens is 262 g/mol. The molecule has 0 fully saturated rings. The number of anilines is 1. The van der Waals surface area contributed by atoms with E-state index in [0.29, 0.717) is 13.2 Å². The van der Waals surface area contributed by atoms with Crippen LogP contribution in [0.2, 0.25) is 0 Å². The SMILES string of the molecule is CC(C)OCC(O)CNc1ccccc1-c1ccccc1. The van der Waals surface area contributed by atoms with Crippen LogP contribution in [0.5, 0.6) is 0 Å². The standard InChI is InChI=1S/C18H23NO2/c1-14(2)21-13-16(20)12-19-18-11-7-6-10-17(18)15-8-4-3-5-9-15/h3-11,14,16,19-20H,12-13H2,1-2H3. The van der Waals surface area contributed by atoms with Crippen LogP contribution >= 0.6 is 0 Å². The number of nitrogens with one attached hydrogen (secondary N) is 1. The molecule has 0 aliphatic heterocycles. The Kier molecular flexibility index (Phi) is 5.78. The first-order valence-electron chi connectivity index (χ1n) is 7.35. The summed E-state index contributed by atoms with van der Waals surface area (Å²) in [4.78, 5) is 0. The molecule has 0 radical (unpaired) electrons. The maximum absolute atomic E-state index is 9.93. The van der Waals surface area contributed by atoms with Gasteiger partial charge in [0.2, 0.25) is 0 Å². The van der Waals surface area contributed by atoms with Crippen molar-refractivity contribution >= 4 is 5.69 Å². The Hall–Kier alpha value is -1.84. The summed E-state index contributed by atoms with van der Waals surface area (Å²) in [6, 6.07) is 18.3. The highest BCUT2D eigenvalue weighted by Gasteiger charge is 2.08. The lowest BCUT2D eigenvalue weighted by Gasteiger charge is -2.17. The predicted octanol–water partition coefficient (Wildman–Crippen LogP) is 3.55. The van der Waals surface area contributed by atoms with Crippen LogP contribution in [-0.2, 0) is 4.74 Å². The Morgan fingerprint density at radius 3 is 2.38 bits per heavy atom. The monoisotopic (exact) mass is 285 g/mol. The van der Waals surface area contributed by atoms with Crippen LogP contribution in [0, 0.1) is 0 Å². The molecule has 0 bridgehead atoms. The number of aliphatic hydroxyl groups excluding tert-OH is 1. The number of benzene rings is 2. The van der Waals surface area contributed by atoms with E-state index < -0.39 is 6.10 Å². The van der Waals surface area contributed by atoms with Gasteiger partial charge in [-0.05, 0) is 25.5 Å². The summed E-state index contributed by atoms with van der Waals surface area (Å²) >= 11 is 0. The van der Waals surface area contributed by atoms with Gasteiger partial charge in [-0.1, -0.05) is 48.5 Å². The van der Waals surface area contributed by atoms with E-state index in [2.05, 4.69) is 23.5 Å². The molecule has 1 atom stereocenters. The van der Waals surface area contributed by atoms with E-state index in [4.69, 9.17) is 4.74 Å². The summed E-state index contributed by atoms with van der Waals surface area (Å²) in [7, 11) is 0. The van der Waals surface area contributed by atoms with E-state index in [-0.39, 0.29) is 6.10 Å². The normalized spacial score (nSPS) is 12.4. The second-order valence-electron chi connectivity index (χ2n) is 5.33. The Bertz CT molecular complexity index is 540. The lowest BCUT2D eigenvalue weighted by Crippen LogP contribution is -2.26. The average Bonchev–Trinajstić information content (AvgIpc) is 2.52. The zero-order valence-electron chi connectivity index (χ0n) is 12.6. The topological polar surface area (TPSA) is 41.5 Å². The van der Waals surface area contributed by atoms with Crippen molar-refractivity contribution in [3.05, 3.63) is 54.6 Å². The molecule has 2 aromatic carbocycles. The molecule has 0 saturated heterocycles. The highest BCUT2D eigenvalue weighted by molar-refractivity contribution is 5.77. The third kappa shape index (κ3) is 4.88. The van der Waals surface area contributed by atoms with Gasteiger partial charge in [0, 0.05) is 17.8 Å². The van der Waals surface area contributed by atoms with E-state index in [1.165, 1.54) is 0 Å². The van der Waals surface area contributed by atoms with Crippen LogP contribution in [0.15, 0.2) is 54.6 Å². The first-order chi connectivity index (χ1) is 10.2. The fourth-order valence-corrected chi connectivity index (χ4v) is 2.10. The third-order valence-corrected chi connectivity index (χ3v) is 3.16. The fourth-order valence-electron chi connectivity index (χ4n) is 2.10. The van der Waals surface area contributed by atoms with Crippen LogP contribution in [-0.4, -0.2) is 30.5 Å². The van der Waals surface area contributed by atoms with Crippen molar-refractivity contribution in [3.8, 4) is 11.1 Å².